The predicted molar refractivity (Wildman–Crippen MR) is 49.5 cm³/mol. The van der Waals surface area contributed by atoms with Crippen molar-refractivity contribution in [3.63, 3.8) is 0 Å². The van der Waals surface area contributed by atoms with Crippen molar-refractivity contribution in [2.75, 3.05) is 13.2 Å². The Morgan fingerprint density at radius 1 is 1.58 bits per heavy atom. The molecule has 1 saturated heterocycles. The highest BCUT2D eigenvalue weighted by molar-refractivity contribution is 5.85. The second-order valence-corrected chi connectivity index (χ2v) is 2.75. The first-order valence-corrected chi connectivity index (χ1v) is 4.24. The zero-order valence-electron chi connectivity index (χ0n) is 7.34. The zero-order valence-corrected chi connectivity index (χ0v) is 8.15. The van der Waals surface area contributed by atoms with Gasteiger partial charge in [0.05, 0.1) is 6.61 Å². The third kappa shape index (κ3) is 3.41. The highest BCUT2D eigenvalue weighted by Crippen LogP contribution is 2.07. The summed E-state index contributed by atoms with van der Waals surface area (Å²) in [5.74, 6) is -0.0906. The Morgan fingerprint density at radius 3 is 2.83 bits per heavy atom. The molecule has 0 radical (unpaired) electrons. The molecule has 0 aromatic heterocycles. The number of piperidine rings is 1. The number of rotatable bonds is 2. The maximum Gasteiger partial charge on any atom is 0.323 e. The third-order valence-corrected chi connectivity index (χ3v) is 1.88. The highest BCUT2D eigenvalue weighted by atomic mass is 35.5. The van der Waals surface area contributed by atoms with Gasteiger partial charge in [-0.2, -0.15) is 0 Å². The topological polar surface area (TPSA) is 38.3 Å². The van der Waals surface area contributed by atoms with Crippen LogP contribution in [0.5, 0.6) is 0 Å². The van der Waals surface area contributed by atoms with Crippen LogP contribution < -0.4 is 5.32 Å². The lowest BCUT2D eigenvalue weighted by Crippen LogP contribution is -2.41. The number of hydrogen-bond acceptors (Lipinski definition) is 3. The molecule has 0 unspecified atom stereocenters. The number of halogens is 1. The maximum absolute atomic E-state index is 11.1. The molecule has 1 aliphatic rings. The smallest absolute Gasteiger partial charge is 0.323 e. The summed E-state index contributed by atoms with van der Waals surface area (Å²) in [5, 5.41) is 3.13. The lowest BCUT2D eigenvalue weighted by Gasteiger charge is -2.21. The van der Waals surface area contributed by atoms with Crippen molar-refractivity contribution in [3.8, 4) is 0 Å². The molecular weight excluding hydrogens is 178 g/mol. The van der Waals surface area contributed by atoms with E-state index >= 15 is 0 Å². The molecule has 0 aliphatic carbocycles. The van der Waals surface area contributed by atoms with Gasteiger partial charge in [-0.05, 0) is 26.3 Å². The second-order valence-electron chi connectivity index (χ2n) is 2.75. The molecule has 1 rings (SSSR count). The minimum absolute atomic E-state index is 0. The van der Waals surface area contributed by atoms with Crippen LogP contribution in [0.15, 0.2) is 0 Å². The Morgan fingerprint density at radius 2 is 2.33 bits per heavy atom. The van der Waals surface area contributed by atoms with Crippen molar-refractivity contribution >= 4 is 18.4 Å². The van der Waals surface area contributed by atoms with E-state index in [1.54, 1.807) is 0 Å². The van der Waals surface area contributed by atoms with Crippen LogP contribution in [0.25, 0.3) is 0 Å². The first-order valence-electron chi connectivity index (χ1n) is 4.24. The first-order chi connectivity index (χ1) is 5.34. The Balaban J connectivity index is 0.00000121. The molecular formula is C8H16ClNO2. The van der Waals surface area contributed by atoms with Gasteiger partial charge < -0.3 is 10.1 Å². The SMILES string of the molecule is CCOC(=O)[C@H]1CCCCN1.Cl. The summed E-state index contributed by atoms with van der Waals surface area (Å²) in [6.07, 6.45) is 3.24. The van der Waals surface area contributed by atoms with Gasteiger partial charge in [0, 0.05) is 0 Å². The largest absolute Gasteiger partial charge is 0.465 e. The number of ether oxygens (including phenoxy) is 1. The highest BCUT2D eigenvalue weighted by Gasteiger charge is 2.20. The second kappa shape index (κ2) is 6.26. The number of esters is 1. The van der Waals surface area contributed by atoms with Crippen LogP contribution in [0.4, 0.5) is 0 Å². The number of carbonyl (C=O) groups excluding carboxylic acids is 1. The Bertz CT molecular complexity index is 135. The van der Waals surface area contributed by atoms with Crippen LogP contribution in [0.1, 0.15) is 26.2 Å². The zero-order chi connectivity index (χ0) is 8.10. The molecule has 1 N–H and O–H groups in total. The minimum Gasteiger partial charge on any atom is -0.465 e. The summed E-state index contributed by atoms with van der Waals surface area (Å²) >= 11 is 0. The molecule has 0 saturated carbocycles. The van der Waals surface area contributed by atoms with E-state index in [9.17, 15) is 4.79 Å². The number of nitrogens with one attached hydrogen (secondary N) is 1. The Kier molecular flexibility index (Phi) is 6.11. The van der Waals surface area contributed by atoms with Gasteiger partial charge in [0.2, 0.25) is 0 Å². The van der Waals surface area contributed by atoms with Gasteiger partial charge >= 0.3 is 5.97 Å². The van der Waals surface area contributed by atoms with Crippen LogP contribution in [-0.2, 0) is 9.53 Å². The van der Waals surface area contributed by atoms with Crippen molar-refractivity contribution in [1.82, 2.24) is 5.32 Å². The lowest BCUT2D eigenvalue weighted by atomic mass is 10.1. The molecule has 1 heterocycles. The molecule has 4 heteroatoms. The van der Waals surface area contributed by atoms with Crippen molar-refractivity contribution < 1.29 is 9.53 Å². The summed E-state index contributed by atoms with van der Waals surface area (Å²) in [6.45, 7) is 3.27. The first kappa shape index (κ1) is 11.7. The van der Waals surface area contributed by atoms with Crippen molar-refractivity contribution in [2.45, 2.75) is 32.2 Å². The average Bonchev–Trinajstić information content (AvgIpc) is 2.07. The number of hydrogen-bond donors (Lipinski definition) is 1. The lowest BCUT2D eigenvalue weighted by molar-refractivity contribution is -0.146. The van der Waals surface area contributed by atoms with Gasteiger partial charge in [-0.15, -0.1) is 12.4 Å². The van der Waals surface area contributed by atoms with Gasteiger partial charge in [-0.25, -0.2) is 0 Å². The molecule has 0 aromatic carbocycles. The average molecular weight is 194 g/mol. The molecule has 1 atom stereocenters. The van der Waals surface area contributed by atoms with Crippen molar-refractivity contribution in [1.29, 1.82) is 0 Å². The molecule has 1 fully saturated rings. The van der Waals surface area contributed by atoms with Crippen LogP contribution in [0.2, 0.25) is 0 Å². The van der Waals surface area contributed by atoms with E-state index in [4.69, 9.17) is 4.74 Å². The molecule has 3 nitrogen and oxygen atoms in total. The molecule has 0 bridgehead atoms. The molecule has 1 aliphatic heterocycles. The normalized spacial score (nSPS) is 22.6. The van der Waals surface area contributed by atoms with E-state index in [-0.39, 0.29) is 24.4 Å². The third-order valence-electron chi connectivity index (χ3n) is 1.88. The number of carbonyl (C=O) groups is 1. The monoisotopic (exact) mass is 193 g/mol. The summed E-state index contributed by atoms with van der Waals surface area (Å²) in [6, 6.07) is -0.0382. The summed E-state index contributed by atoms with van der Waals surface area (Å²) in [4.78, 5) is 11.1. The van der Waals surface area contributed by atoms with E-state index in [1.807, 2.05) is 6.92 Å². The van der Waals surface area contributed by atoms with Gasteiger partial charge in [0.1, 0.15) is 6.04 Å². The maximum atomic E-state index is 11.1. The summed E-state index contributed by atoms with van der Waals surface area (Å²) in [7, 11) is 0. The van der Waals surface area contributed by atoms with Gasteiger partial charge in [-0.3, -0.25) is 4.79 Å². The van der Waals surface area contributed by atoms with E-state index in [2.05, 4.69) is 5.32 Å². The van der Waals surface area contributed by atoms with E-state index in [0.717, 1.165) is 19.4 Å². The molecule has 72 valence electrons. The fourth-order valence-corrected chi connectivity index (χ4v) is 1.30. The minimum atomic E-state index is -0.0906. The van der Waals surface area contributed by atoms with Crippen molar-refractivity contribution in [3.05, 3.63) is 0 Å². The Labute approximate surface area is 79.3 Å². The van der Waals surface area contributed by atoms with E-state index in [1.165, 1.54) is 6.42 Å². The predicted octanol–water partition coefficient (Wildman–Crippen LogP) is 1.11. The summed E-state index contributed by atoms with van der Waals surface area (Å²) < 4.78 is 4.88. The molecule has 12 heavy (non-hydrogen) atoms. The van der Waals surface area contributed by atoms with Gasteiger partial charge in [0.25, 0.3) is 0 Å². The van der Waals surface area contributed by atoms with Crippen LogP contribution in [-0.4, -0.2) is 25.2 Å². The standard InChI is InChI=1S/C8H15NO2.ClH/c1-2-11-8(10)7-5-3-4-6-9-7;/h7,9H,2-6H2,1H3;1H/t7-;/m1./s1. The fraction of sp³-hybridized carbons (Fsp3) is 0.875. The van der Waals surface area contributed by atoms with Crippen LogP contribution >= 0.6 is 12.4 Å². The molecule has 0 amide bonds. The quantitative estimate of drug-likeness (QED) is 0.668. The van der Waals surface area contributed by atoms with E-state index < -0.39 is 0 Å². The van der Waals surface area contributed by atoms with Crippen molar-refractivity contribution in [2.24, 2.45) is 0 Å². The van der Waals surface area contributed by atoms with Gasteiger partial charge in [0.15, 0.2) is 0 Å². The van der Waals surface area contributed by atoms with E-state index in [0.29, 0.717) is 6.61 Å². The van der Waals surface area contributed by atoms with Crippen LogP contribution in [0.3, 0.4) is 0 Å². The van der Waals surface area contributed by atoms with Gasteiger partial charge in [-0.1, -0.05) is 6.42 Å². The summed E-state index contributed by atoms with van der Waals surface area (Å²) in [5.41, 5.74) is 0. The fourth-order valence-electron chi connectivity index (χ4n) is 1.30. The Hall–Kier alpha value is -0.280. The van der Waals surface area contributed by atoms with Crippen LogP contribution in [0, 0.1) is 0 Å². The molecule has 0 spiro atoms. The molecule has 0 aromatic rings.